The summed E-state index contributed by atoms with van der Waals surface area (Å²) in [5.74, 6) is 0. The fraction of sp³-hybridized carbons (Fsp3) is 0.455. The maximum atomic E-state index is 9.04. The van der Waals surface area contributed by atoms with Crippen molar-refractivity contribution < 1.29 is 5.11 Å². The van der Waals surface area contributed by atoms with Crippen LogP contribution in [0.1, 0.15) is 17.5 Å². The van der Waals surface area contributed by atoms with E-state index in [1.165, 1.54) is 16.8 Å². The number of hydrogen-bond donors (Lipinski definition) is 2. The standard InChI is InChI=1S/C11H15NO/c1-8-3-2-4-9-5-6-10(7-13)12-11(8)9/h2-4,10,12-13H,5-7H2,1H3. The second kappa shape index (κ2) is 3.38. The molecule has 1 unspecified atom stereocenters. The largest absolute Gasteiger partial charge is 0.394 e. The number of rotatable bonds is 1. The van der Waals surface area contributed by atoms with Crippen molar-refractivity contribution in [2.45, 2.75) is 25.8 Å². The highest BCUT2D eigenvalue weighted by Crippen LogP contribution is 2.27. The van der Waals surface area contributed by atoms with Crippen LogP contribution in [0.5, 0.6) is 0 Å². The van der Waals surface area contributed by atoms with E-state index in [2.05, 4.69) is 30.4 Å². The van der Waals surface area contributed by atoms with Crippen molar-refractivity contribution in [3.05, 3.63) is 29.3 Å². The average Bonchev–Trinajstić information content (AvgIpc) is 2.18. The van der Waals surface area contributed by atoms with Crippen LogP contribution in [0.25, 0.3) is 0 Å². The van der Waals surface area contributed by atoms with E-state index in [0.717, 1.165) is 12.8 Å². The fourth-order valence-corrected chi connectivity index (χ4v) is 1.89. The van der Waals surface area contributed by atoms with Crippen molar-refractivity contribution in [2.75, 3.05) is 11.9 Å². The molecule has 0 aromatic heterocycles. The molecular formula is C11H15NO. The lowest BCUT2D eigenvalue weighted by molar-refractivity contribution is 0.267. The summed E-state index contributed by atoms with van der Waals surface area (Å²) in [7, 11) is 0. The molecule has 2 heteroatoms. The molecule has 1 aliphatic heterocycles. The Morgan fingerprint density at radius 2 is 2.38 bits per heavy atom. The molecule has 1 aliphatic rings. The minimum absolute atomic E-state index is 0.230. The quantitative estimate of drug-likeness (QED) is 0.684. The van der Waals surface area contributed by atoms with Gasteiger partial charge in [0, 0.05) is 11.7 Å². The van der Waals surface area contributed by atoms with E-state index in [1.807, 2.05) is 0 Å². The van der Waals surface area contributed by atoms with Crippen molar-refractivity contribution in [3.63, 3.8) is 0 Å². The lowest BCUT2D eigenvalue weighted by Crippen LogP contribution is -2.29. The van der Waals surface area contributed by atoms with Crippen LogP contribution in [-0.4, -0.2) is 17.8 Å². The maximum Gasteiger partial charge on any atom is 0.0632 e. The van der Waals surface area contributed by atoms with Crippen molar-refractivity contribution in [1.29, 1.82) is 0 Å². The first kappa shape index (κ1) is 8.57. The molecule has 0 radical (unpaired) electrons. The normalized spacial score (nSPS) is 20.6. The van der Waals surface area contributed by atoms with Crippen molar-refractivity contribution in [2.24, 2.45) is 0 Å². The van der Waals surface area contributed by atoms with Crippen LogP contribution in [0, 0.1) is 6.92 Å². The highest BCUT2D eigenvalue weighted by atomic mass is 16.3. The number of aliphatic hydroxyl groups is 1. The zero-order valence-electron chi connectivity index (χ0n) is 7.88. The van der Waals surface area contributed by atoms with Gasteiger partial charge >= 0.3 is 0 Å². The molecule has 13 heavy (non-hydrogen) atoms. The molecule has 2 rings (SSSR count). The minimum atomic E-state index is 0.230. The maximum absolute atomic E-state index is 9.04. The number of hydrogen-bond acceptors (Lipinski definition) is 2. The number of para-hydroxylation sites is 1. The zero-order valence-corrected chi connectivity index (χ0v) is 7.88. The summed E-state index contributed by atoms with van der Waals surface area (Å²) in [5.41, 5.74) is 3.88. The highest BCUT2D eigenvalue weighted by molar-refractivity contribution is 5.59. The van der Waals surface area contributed by atoms with Gasteiger partial charge in [0.1, 0.15) is 0 Å². The van der Waals surface area contributed by atoms with E-state index in [4.69, 9.17) is 5.11 Å². The average molecular weight is 177 g/mol. The molecule has 0 spiro atoms. The highest BCUT2D eigenvalue weighted by Gasteiger charge is 2.17. The molecular weight excluding hydrogens is 162 g/mol. The van der Waals surface area contributed by atoms with Crippen LogP contribution >= 0.6 is 0 Å². The van der Waals surface area contributed by atoms with Crippen LogP contribution < -0.4 is 5.32 Å². The topological polar surface area (TPSA) is 32.3 Å². The van der Waals surface area contributed by atoms with Crippen LogP contribution in [0.15, 0.2) is 18.2 Å². The molecule has 2 nitrogen and oxygen atoms in total. The second-order valence-electron chi connectivity index (χ2n) is 3.67. The van der Waals surface area contributed by atoms with Gasteiger partial charge in [-0.25, -0.2) is 0 Å². The summed E-state index contributed by atoms with van der Waals surface area (Å²) in [4.78, 5) is 0. The van der Waals surface area contributed by atoms with Gasteiger partial charge < -0.3 is 10.4 Å². The molecule has 1 atom stereocenters. The number of aryl methyl sites for hydroxylation is 2. The molecule has 0 bridgehead atoms. The van der Waals surface area contributed by atoms with E-state index in [1.54, 1.807) is 0 Å². The summed E-state index contributed by atoms with van der Waals surface area (Å²) in [6.07, 6.45) is 2.11. The van der Waals surface area contributed by atoms with Gasteiger partial charge in [-0.05, 0) is 30.9 Å². The summed E-state index contributed by atoms with van der Waals surface area (Å²) in [6.45, 7) is 2.33. The number of anilines is 1. The monoisotopic (exact) mass is 177 g/mol. The van der Waals surface area contributed by atoms with Crippen molar-refractivity contribution >= 4 is 5.69 Å². The van der Waals surface area contributed by atoms with Gasteiger partial charge in [-0.2, -0.15) is 0 Å². The van der Waals surface area contributed by atoms with Gasteiger partial charge in [0.15, 0.2) is 0 Å². The van der Waals surface area contributed by atoms with Gasteiger partial charge in [0.05, 0.1) is 6.61 Å². The third-order valence-electron chi connectivity index (χ3n) is 2.69. The molecule has 1 aromatic carbocycles. The molecule has 0 fully saturated rings. The zero-order chi connectivity index (χ0) is 9.26. The summed E-state index contributed by atoms with van der Waals surface area (Å²) in [6, 6.07) is 6.59. The Kier molecular flexibility index (Phi) is 2.23. The fourth-order valence-electron chi connectivity index (χ4n) is 1.89. The lowest BCUT2D eigenvalue weighted by Gasteiger charge is -2.26. The Morgan fingerprint density at radius 1 is 1.54 bits per heavy atom. The molecule has 0 amide bonds. The molecule has 0 saturated carbocycles. The van der Waals surface area contributed by atoms with E-state index in [9.17, 15) is 0 Å². The van der Waals surface area contributed by atoms with Gasteiger partial charge in [-0.3, -0.25) is 0 Å². The number of benzene rings is 1. The summed E-state index contributed by atoms with van der Waals surface area (Å²) < 4.78 is 0. The third kappa shape index (κ3) is 1.54. The van der Waals surface area contributed by atoms with Gasteiger partial charge in [-0.15, -0.1) is 0 Å². The van der Waals surface area contributed by atoms with Crippen LogP contribution in [0.2, 0.25) is 0 Å². The van der Waals surface area contributed by atoms with E-state index >= 15 is 0 Å². The minimum Gasteiger partial charge on any atom is -0.394 e. The predicted molar refractivity (Wildman–Crippen MR) is 54.0 cm³/mol. The SMILES string of the molecule is Cc1cccc2c1NC(CO)CC2. The van der Waals surface area contributed by atoms with Gasteiger partial charge in [-0.1, -0.05) is 18.2 Å². The van der Waals surface area contributed by atoms with Gasteiger partial charge in [0.25, 0.3) is 0 Å². The van der Waals surface area contributed by atoms with Crippen molar-refractivity contribution in [1.82, 2.24) is 0 Å². The number of nitrogens with one attached hydrogen (secondary N) is 1. The van der Waals surface area contributed by atoms with E-state index in [0.29, 0.717) is 0 Å². The first-order valence-corrected chi connectivity index (χ1v) is 4.77. The summed E-state index contributed by atoms with van der Waals surface area (Å²) in [5, 5.41) is 12.4. The first-order chi connectivity index (χ1) is 6.31. The predicted octanol–water partition coefficient (Wildman–Crippen LogP) is 1.71. The van der Waals surface area contributed by atoms with Crippen LogP contribution in [0.4, 0.5) is 5.69 Å². The second-order valence-corrected chi connectivity index (χ2v) is 3.67. The number of aliphatic hydroxyl groups excluding tert-OH is 1. The Morgan fingerprint density at radius 3 is 3.15 bits per heavy atom. The Bertz CT molecular complexity index is 309. The summed E-state index contributed by atoms with van der Waals surface area (Å²) >= 11 is 0. The Hall–Kier alpha value is -1.02. The van der Waals surface area contributed by atoms with Crippen LogP contribution in [0.3, 0.4) is 0 Å². The lowest BCUT2D eigenvalue weighted by atomic mass is 9.96. The number of fused-ring (bicyclic) bond motifs is 1. The van der Waals surface area contributed by atoms with Gasteiger partial charge in [0.2, 0.25) is 0 Å². The molecule has 0 saturated heterocycles. The van der Waals surface area contributed by atoms with Crippen LogP contribution in [-0.2, 0) is 6.42 Å². The molecule has 1 aromatic rings. The van der Waals surface area contributed by atoms with Crippen molar-refractivity contribution in [3.8, 4) is 0 Å². The molecule has 70 valence electrons. The molecule has 2 N–H and O–H groups in total. The van der Waals surface area contributed by atoms with E-state index in [-0.39, 0.29) is 12.6 Å². The first-order valence-electron chi connectivity index (χ1n) is 4.77. The van der Waals surface area contributed by atoms with E-state index < -0.39 is 0 Å². The third-order valence-corrected chi connectivity index (χ3v) is 2.69. The Balaban J connectivity index is 2.32. The molecule has 0 aliphatic carbocycles. The Labute approximate surface area is 78.6 Å². The molecule has 1 heterocycles. The smallest absolute Gasteiger partial charge is 0.0632 e.